The highest BCUT2D eigenvalue weighted by molar-refractivity contribution is 7.19. The van der Waals surface area contributed by atoms with Crippen molar-refractivity contribution in [3.63, 3.8) is 0 Å². The minimum absolute atomic E-state index is 0.304. The van der Waals surface area contributed by atoms with Gasteiger partial charge in [-0.15, -0.1) is 11.3 Å². The second-order valence-electron chi connectivity index (χ2n) is 11.6. The number of hydrogen-bond acceptors (Lipinski definition) is 7. The van der Waals surface area contributed by atoms with Gasteiger partial charge < -0.3 is 14.6 Å². The van der Waals surface area contributed by atoms with Gasteiger partial charge in [-0.25, -0.2) is 9.78 Å². The third kappa shape index (κ3) is 9.62. The zero-order valence-corrected chi connectivity index (χ0v) is 26.0. The van der Waals surface area contributed by atoms with Crippen LogP contribution >= 0.6 is 22.9 Å². The van der Waals surface area contributed by atoms with Gasteiger partial charge in [-0.2, -0.15) is 13.2 Å². The van der Waals surface area contributed by atoms with Crippen LogP contribution in [0, 0.1) is 0 Å². The first kappa shape index (κ1) is 32.7. The van der Waals surface area contributed by atoms with Crippen LogP contribution in [0.5, 0.6) is 0 Å². The number of alkyl halides is 3. The molecular formula is C31H33ClF3N3O4S. The number of halogens is 4. The molecule has 0 fully saturated rings. The van der Waals surface area contributed by atoms with Crippen LogP contribution in [0.2, 0.25) is 5.02 Å². The third-order valence-electron chi connectivity index (χ3n) is 6.13. The van der Waals surface area contributed by atoms with Crippen molar-refractivity contribution in [3.8, 4) is 11.3 Å². The maximum Gasteiger partial charge on any atom is 0.413 e. The van der Waals surface area contributed by atoms with E-state index in [-0.39, 0.29) is 6.61 Å². The van der Waals surface area contributed by atoms with Gasteiger partial charge in [-0.3, -0.25) is 10.3 Å². The Morgan fingerprint density at radius 3 is 2.51 bits per heavy atom. The Bertz CT molecular complexity index is 1600. The average molecular weight is 636 g/mol. The normalized spacial score (nSPS) is 13.3. The minimum atomic E-state index is -4.42. The van der Waals surface area contributed by atoms with Crippen molar-refractivity contribution in [2.45, 2.75) is 70.9 Å². The van der Waals surface area contributed by atoms with Gasteiger partial charge in [0, 0.05) is 33.7 Å². The number of carbonyl (C=O) groups is 1. The molecule has 4 aromatic rings. The lowest BCUT2D eigenvalue weighted by Gasteiger charge is -2.24. The van der Waals surface area contributed by atoms with Crippen molar-refractivity contribution in [1.29, 1.82) is 0 Å². The summed E-state index contributed by atoms with van der Waals surface area (Å²) in [5.74, 6) is -2.29. The fourth-order valence-corrected chi connectivity index (χ4v) is 5.72. The second kappa shape index (κ2) is 12.8. The summed E-state index contributed by atoms with van der Waals surface area (Å²) in [6, 6.07) is 14.1. The van der Waals surface area contributed by atoms with Gasteiger partial charge in [0.1, 0.15) is 11.4 Å². The number of aromatic nitrogens is 2. The Kier molecular flexibility index (Phi) is 9.70. The smallest absolute Gasteiger partial charge is 0.413 e. The molecule has 7 nitrogen and oxygen atoms in total. The molecule has 2 N–H and O–H groups in total. The maximum absolute atomic E-state index is 13.4. The van der Waals surface area contributed by atoms with E-state index in [1.165, 1.54) is 31.4 Å². The van der Waals surface area contributed by atoms with E-state index in [4.69, 9.17) is 21.1 Å². The van der Waals surface area contributed by atoms with Crippen molar-refractivity contribution in [3.05, 3.63) is 75.9 Å². The van der Waals surface area contributed by atoms with E-state index in [1.807, 2.05) is 24.3 Å². The van der Waals surface area contributed by atoms with Gasteiger partial charge in [-0.1, -0.05) is 29.8 Å². The van der Waals surface area contributed by atoms with E-state index in [0.29, 0.717) is 34.2 Å². The summed E-state index contributed by atoms with van der Waals surface area (Å²) in [5, 5.41) is 13.9. The molecule has 3 aromatic heterocycles. The molecular weight excluding hydrogens is 603 g/mol. The number of fused-ring (bicyclic) bond motifs is 1. The van der Waals surface area contributed by atoms with Gasteiger partial charge in [-0.05, 0) is 75.9 Å². The molecule has 1 aromatic carbocycles. The predicted octanol–water partition coefficient (Wildman–Crippen LogP) is 8.73. The summed E-state index contributed by atoms with van der Waals surface area (Å²) < 4.78 is 51.8. The number of nitrogens with one attached hydrogen (secondary N) is 1. The van der Waals surface area contributed by atoms with Gasteiger partial charge in [0.05, 0.1) is 29.4 Å². The highest BCUT2D eigenvalue weighted by Gasteiger charge is 2.34. The zero-order valence-electron chi connectivity index (χ0n) is 24.4. The Morgan fingerprint density at radius 1 is 1.09 bits per heavy atom. The molecule has 230 valence electrons. The molecule has 3 heterocycles. The number of anilines is 1. The quantitative estimate of drug-likeness (QED) is 0.179. The standard InChI is InChI=1S/C31H33ClF3N3O4S/c1-29(2,3)42-28(39)38-26-10-9-23(32)25(37-26)15-21-13-19-7-6-8-22(27(19)43-21)24-14-18(11-12-36-24)20(16-31(33,34)35)17-41-30(4,5)40/h6-14,20,40H,15-17H2,1-5H3,(H,37,38,39). The fourth-order valence-electron chi connectivity index (χ4n) is 4.36. The molecule has 0 aliphatic rings. The van der Waals surface area contributed by atoms with Crippen molar-refractivity contribution >= 4 is 44.9 Å². The number of pyridine rings is 2. The van der Waals surface area contributed by atoms with E-state index < -0.39 is 36.0 Å². The average Bonchev–Trinajstić information content (AvgIpc) is 3.29. The Morgan fingerprint density at radius 2 is 1.84 bits per heavy atom. The highest BCUT2D eigenvalue weighted by Crippen LogP contribution is 2.38. The van der Waals surface area contributed by atoms with E-state index in [9.17, 15) is 23.1 Å². The van der Waals surface area contributed by atoms with Crippen LogP contribution in [0.3, 0.4) is 0 Å². The Balaban J connectivity index is 1.62. The number of nitrogens with zero attached hydrogens (tertiary/aromatic N) is 2. The van der Waals surface area contributed by atoms with E-state index in [2.05, 4.69) is 15.3 Å². The first-order chi connectivity index (χ1) is 20.0. The Hall–Kier alpha value is -3.25. The number of ether oxygens (including phenoxy) is 2. The summed E-state index contributed by atoms with van der Waals surface area (Å²) in [7, 11) is 0. The number of amides is 1. The molecule has 0 saturated carbocycles. The number of benzene rings is 1. The van der Waals surface area contributed by atoms with Crippen LogP contribution in [0.4, 0.5) is 23.8 Å². The molecule has 0 saturated heterocycles. The minimum Gasteiger partial charge on any atom is -0.444 e. The molecule has 1 atom stereocenters. The molecule has 1 amide bonds. The molecule has 0 radical (unpaired) electrons. The third-order valence-corrected chi connectivity index (χ3v) is 7.66. The van der Waals surface area contributed by atoms with Gasteiger partial charge in [0.25, 0.3) is 0 Å². The molecule has 0 spiro atoms. The molecule has 0 bridgehead atoms. The molecule has 4 rings (SSSR count). The SMILES string of the molecule is CC(C)(C)OC(=O)Nc1ccc(Cl)c(Cc2cc3cccc(-c4cc(C(COC(C)(C)O)CC(F)(F)F)ccn4)c3s2)n1. The van der Waals surface area contributed by atoms with Crippen molar-refractivity contribution in [2.75, 3.05) is 11.9 Å². The molecule has 43 heavy (non-hydrogen) atoms. The van der Waals surface area contributed by atoms with Gasteiger partial charge >= 0.3 is 12.3 Å². The lowest BCUT2D eigenvalue weighted by Crippen LogP contribution is -2.28. The molecule has 12 heteroatoms. The lowest BCUT2D eigenvalue weighted by atomic mass is 9.95. The second-order valence-corrected chi connectivity index (χ2v) is 13.2. The summed E-state index contributed by atoms with van der Waals surface area (Å²) in [4.78, 5) is 22.1. The zero-order chi connectivity index (χ0) is 31.6. The van der Waals surface area contributed by atoms with Crippen LogP contribution in [-0.4, -0.2) is 45.3 Å². The number of rotatable bonds is 9. The summed E-state index contributed by atoms with van der Waals surface area (Å²) in [6.07, 6.45) is -4.28. The highest BCUT2D eigenvalue weighted by atomic mass is 35.5. The fraction of sp³-hybridized carbons (Fsp3) is 0.387. The van der Waals surface area contributed by atoms with E-state index in [0.717, 1.165) is 20.5 Å². The van der Waals surface area contributed by atoms with Crippen LogP contribution in [-0.2, 0) is 15.9 Å². The van der Waals surface area contributed by atoms with E-state index >= 15 is 0 Å². The maximum atomic E-state index is 13.4. The predicted molar refractivity (Wildman–Crippen MR) is 163 cm³/mol. The van der Waals surface area contributed by atoms with Crippen molar-refractivity contribution in [1.82, 2.24) is 9.97 Å². The van der Waals surface area contributed by atoms with Gasteiger partial charge in [0.15, 0.2) is 5.79 Å². The first-order valence-electron chi connectivity index (χ1n) is 13.5. The van der Waals surface area contributed by atoms with Crippen molar-refractivity contribution in [2.24, 2.45) is 0 Å². The van der Waals surface area contributed by atoms with Crippen molar-refractivity contribution < 1.29 is 32.5 Å². The molecule has 0 aliphatic carbocycles. The topological polar surface area (TPSA) is 93.6 Å². The van der Waals surface area contributed by atoms with E-state index in [1.54, 1.807) is 45.0 Å². The monoisotopic (exact) mass is 635 g/mol. The number of thiophene rings is 1. The summed E-state index contributed by atoms with van der Waals surface area (Å²) in [6.45, 7) is 7.74. The molecule has 1 unspecified atom stereocenters. The summed E-state index contributed by atoms with van der Waals surface area (Å²) >= 11 is 7.94. The summed E-state index contributed by atoms with van der Waals surface area (Å²) in [5.41, 5.74) is 1.60. The molecule has 0 aliphatic heterocycles. The van der Waals surface area contributed by atoms with Gasteiger partial charge in [0.2, 0.25) is 0 Å². The van der Waals surface area contributed by atoms with Crippen LogP contribution < -0.4 is 5.32 Å². The number of aliphatic hydroxyl groups is 1. The number of carbonyl (C=O) groups excluding carboxylic acids is 1. The lowest BCUT2D eigenvalue weighted by molar-refractivity contribution is -0.189. The largest absolute Gasteiger partial charge is 0.444 e. The Labute approximate surface area is 257 Å². The van der Waals surface area contributed by atoms with Crippen LogP contribution in [0.25, 0.3) is 21.3 Å². The van der Waals surface area contributed by atoms with Crippen LogP contribution in [0.1, 0.15) is 63.1 Å². The van der Waals surface area contributed by atoms with Crippen LogP contribution in [0.15, 0.2) is 54.7 Å². The number of hydrogen-bond donors (Lipinski definition) is 2. The first-order valence-corrected chi connectivity index (χ1v) is 14.7.